The Bertz CT molecular complexity index is 607. The Kier molecular flexibility index (Phi) is 7.46. The van der Waals surface area contributed by atoms with Gasteiger partial charge in [-0.05, 0) is 38.0 Å². The van der Waals surface area contributed by atoms with Crippen molar-refractivity contribution in [2.24, 2.45) is 0 Å². The molecule has 0 spiro atoms. The van der Waals surface area contributed by atoms with Crippen LogP contribution in [0.25, 0.3) is 0 Å². The number of nitrogens with one attached hydrogen (secondary N) is 2. The summed E-state index contributed by atoms with van der Waals surface area (Å²) in [6.45, 7) is 4.00. The van der Waals surface area contributed by atoms with Gasteiger partial charge in [0, 0.05) is 37.8 Å². The van der Waals surface area contributed by atoms with Crippen LogP contribution in [-0.4, -0.2) is 49.2 Å². The number of carbonyl (C=O) groups is 2. The van der Waals surface area contributed by atoms with Gasteiger partial charge in [-0.2, -0.15) is 0 Å². The number of nitrogens with zero attached hydrogens (tertiary/aromatic N) is 1. The summed E-state index contributed by atoms with van der Waals surface area (Å²) in [5, 5.41) is 5.99. The van der Waals surface area contributed by atoms with Crippen LogP contribution in [0.4, 0.5) is 14.9 Å². The number of amides is 2. The van der Waals surface area contributed by atoms with Crippen molar-refractivity contribution in [3.8, 4) is 0 Å². The normalized spacial score (nSPS) is 15.1. The van der Waals surface area contributed by atoms with E-state index in [1.165, 1.54) is 18.2 Å². The molecule has 25 heavy (non-hydrogen) atoms. The Morgan fingerprint density at radius 2 is 2.08 bits per heavy atom. The molecule has 1 aliphatic heterocycles. The van der Waals surface area contributed by atoms with Gasteiger partial charge in [0.1, 0.15) is 5.82 Å². The third-order valence-electron chi connectivity index (χ3n) is 4.01. The zero-order valence-electron chi connectivity index (χ0n) is 14.2. The first-order valence-corrected chi connectivity index (χ1v) is 8.77. The average molecular weight is 372 g/mol. The number of hydrogen-bond donors (Lipinski definition) is 2. The number of rotatable bonds is 6. The predicted octanol–water partition coefficient (Wildman–Crippen LogP) is 3.02. The van der Waals surface area contributed by atoms with Crippen molar-refractivity contribution in [3.05, 3.63) is 29.0 Å². The maximum atomic E-state index is 13.1. The Morgan fingerprint density at radius 1 is 1.36 bits per heavy atom. The molecule has 6 nitrogen and oxygen atoms in total. The maximum absolute atomic E-state index is 13.1. The molecule has 0 radical (unpaired) electrons. The van der Waals surface area contributed by atoms with Crippen molar-refractivity contribution in [3.63, 3.8) is 0 Å². The van der Waals surface area contributed by atoms with E-state index in [-0.39, 0.29) is 23.1 Å². The lowest BCUT2D eigenvalue weighted by molar-refractivity contribution is -0.116. The van der Waals surface area contributed by atoms with Gasteiger partial charge >= 0.3 is 6.09 Å². The molecular formula is C17H23ClFN3O3. The smallest absolute Gasteiger partial charge is 0.409 e. The summed E-state index contributed by atoms with van der Waals surface area (Å²) in [4.78, 5) is 25.2. The number of piperidine rings is 1. The zero-order chi connectivity index (χ0) is 18.2. The van der Waals surface area contributed by atoms with E-state index in [0.717, 1.165) is 12.8 Å². The fourth-order valence-corrected chi connectivity index (χ4v) is 2.85. The zero-order valence-corrected chi connectivity index (χ0v) is 14.9. The van der Waals surface area contributed by atoms with Gasteiger partial charge in [0.2, 0.25) is 5.91 Å². The lowest BCUT2D eigenvalue weighted by Gasteiger charge is -2.31. The van der Waals surface area contributed by atoms with Crippen LogP contribution in [0.15, 0.2) is 18.2 Å². The van der Waals surface area contributed by atoms with E-state index in [1.54, 1.807) is 11.8 Å². The highest BCUT2D eigenvalue weighted by molar-refractivity contribution is 6.31. The first kappa shape index (κ1) is 19.5. The van der Waals surface area contributed by atoms with Gasteiger partial charge in [0.15, 0.2) is 0 Å². The monoisotopic (exact) mass is 371 g/mol. The minimum Gasteiger partial charge on any atom is -0.450 e. The molecule has 0 bridgehead atoms. The van der Waals surface area contributed by atoms with Gasteiger partial charge in [-0.3, -0.25) is 4.79 Å². The van der Waals surface area contributed by atoms with E-state index >= 15 is 0 Å². The second kappa shape index (κ2) is 9.58. The molecule has 0 aliphatic carbocycles. The van der Waals surface area contributed by atoms with Crippen LogP contribution in [0.2, 0.25) is 5.02 Å². The molecule has 1 aromatic rings. The van der Waals surface area contributed by atoms with E-state index in [2.05, 4.69) is 10.6 Å². The van der Waals surface area contributed by atoms with Gasteiger partial charge < -0.3 is 20.3 Å². The maximum Gasteiger partial charge on any atom is 0.409 e. The molecule has 1 fully saturated rings. The molecule has 2 amide bonds. The minimum atomic E-state index is -0.518. The summed E-state index contributed by atoms with van der Waals surface area (Å²) in [6, 6.07) is 4.34. The highest BCUT2D eigenvalue weighted by atomic mass is 35.5. The van der Waals surface area contributed by atoms with Crippen LogP contribution in [0.3, 0.4) is 0 Å². The summed E-state index contributed by atoms with van der Waals surface area (Å²) in [5.41, 5.74) is 0.471. The topological polar surface area (TPSA) is 70.7 Å². The molecule has 0 atom stereocenters. The van der Waals surface area contributed by atoms with E-state index in [1.807, 2.05) is 0 Å². The largest absolute Gasteiger partial charge is 0.450 e. The van der Waals surface area contributed by atoms with Crippen LogP contribution in [-0.2, 0) is 9.53 Å². The van der Waals surface area contributed by atoms with Crippen molar-refractivity contribution < 1.29 is 18.7 Å². The molecule has 1 heterocycles. The standard InChI is InChI=1S/C17H23ClFN3O3/c1-2-25-17(24)22-9-6-12(7-10-22)20-8-5-16(23)21-13-3-4-15(19)14(18)11-13/h3-4,11-12,20H,2,5-10H2,1H3,(H,21,23). The van der Waals surface area contributed by atoms with Crippen molar-refractivity contribution in [1.29, 1.82) is 0 Å². The Hall–Kier alpha value is -1.86. The molecule has 1 saturated heterocycles. The number of likely N-dealkylation sites (tertiary alicyclic amines) is 1. The first-order valence-electron chi connectivity index (χ1n) is 8.39. The van der Waals surface area contributed by atoms with Crippen LogP contribution in [0.1, 0.15) is 26.2 Å². The van der Waals surface area contributed by atoms with E-state index < -0.39 is 5.82 Å². The molecule has 8 heteroatoms. The van der Waals surface area contributed by atoms with Gasteiger partial charge in [-0.25, -0.2) is 9.18 Å². The van der Waals surface area contributed by atoms with Crippen LogP contribution in [0, 0.1) is 5.82 Å². The van der Waals surface area contributed by atoms with E-state index in [9.17, 15) is 14.0 Å². The molecule has 0 saturated carbocycles. The molecule has 1 aromatic carbocycles. The summed E-state index contributed by atoms with van der Waals surface area (Å²) in [6.07, 6.45) is 1.69. The van der Waals surface area contributed by atoms with Gasteiger partial charge in [0.05, 0.1) is 11.6 Å². The fourth-order valence-electron chi connectivity index (χ4n) is 2.67. The quantitative estimate of drug-likeness (QED) is 0.806. The SMILES string of the molecule is CCOC(=O)N1CCC(NCCC(=O)Nc2ccc(F)c(Cl)c2)CC1. The van der Waals surface area contributed by atoms with Crippen molar-refractivity contribution in [1.82, 2.24) is 10.2 Å². The Labute approximate surface area is 151 Å². The third-order valence-corrected chi connectivity index (χ3v) is 4.30. The average Bonchev–Trinajstić information content (AvgIpc) is 2.59. The predicted molar refractivity (Wildman–Crippen MR) is 94.3 cm³/mol. The van der Waals surface area contributed by atoms with Crippen molar-refractivity contribution in [2.75, 3.05) is 31.6 Å². The highest BCUT2D eigenvalue weighted by Crippen LogP contribution is 2.19. The first-order chi connectivity index (χ1) is 12.0. The number of hydrogen-bond acceptors (Lipinski definition) is 4. The molecule has 1 aliphatic rings. The summed E-state index contributed by atoms with van der Waals surface area (Å²) in [7, 11) is 0. The second-order valence-electron chi connectivity index (χ2n) is 5.84. The lowest BCUT2D eigenvalue weighted by atomic mass is 10.1. The lowest BCUT2D eigenvalue weighted by Crippen LogP contribution is -2.45. The minimum absolute atomic E-state index is 0.0238. The molecule has 2 N–H and O–H groups in total. The summed E-state index contributed by atoms with van der Waals surface area (Å²) >= 11 is 5.68. The van der Waals surface area contributed by atoms with E-state index in [4.69, 9.17) is 16.3 Å². The number of ether oxygens (including phenoxy) is 1. The fraction of sp³-hybridized carbons (Fsp3) is 0.529. The van der Waals surface area contributed by atoms with Crippen LogP contribution < -0.4 is 10.6 Å². The van der Waals surface area contributed by atoms with Gasteiger partial charge in [0.25, 0.3) is 0 Å². The highest BCUT2D eigenvalue weighted by Gasteiger charge is 2.23. The van der Waals surface area contributed by atoms with Gasteiger partial charge in [-0.1, -0.05) is 11.6 Å². The Balaban J connectivity index is 1.65. The summed E-state index contributed by atoms with van der Waals surface area (Å²) < 4.78 is 18.1. The number of carbonyl (C=O) groups excluding carboxylic acids is 2. The second-order valence-corrected chi connectivity index (χ2v) is 6.25. The molecule has 0 aromatic heterocycles. The molecular weight excluding hydrogens is 349 g/mol. The van der Waals surface area contributed by atoms with Crippen molar-refractivity contribution >= 4 is 29.3 Å². The van der Waals surface area contributed by atoms with Crippen LogP contribution in [0.5, 0.6) is 0 Å². The van der Waals surface area contributed by atoms with Gasteiger partial charge in [-0.15, -0.1) is 0 Å². The molecule has 138 valence electrons. The number of halogens is 2. The van der Waals surface area contributed by atoms with Crippen LogP contribution >= 0.6 is 11.6 Å². The summed E-state index contributed by atoms with van der Waals surface area (Å²) in [5.74, 6) is -0.686. The van der Waals surface area contributed by atoms with Crippen molar-refractivity contribution in [2.45, 2.75) is 32.2 Å². The number of anilines is 1. The third kappa shape index (κ3) is 6.17. The number of benzene rings is 1. The molecule has 0 unspecified atom stereocenters. The Morgan fingerprint density at radius 3 is 2.72 bits per heavy atom. The van der Waals surface area contributed by atoms with E-state index in [0.29, 0.717) is 38.3 Å². The molecule has 2 rings (SSSR count).